The molecule has 7 heteroatoms. The topological polar surface area (TPSA) is 92.9 Å². The second kappa shape index (κ2) is 8.22. The highest BCUT2D eigenvalue weighted by Gasteiger charge is 2.57. The number of carbonyl (C=O) groups is 2. The number of β-amino-alcohol motifs (C(OH)–C–C–N with tert-alkyl or cyclic N) is 1. The number of hydrogen-bond donors (Lipinski definition) is 1. The minimum atomic E-state index is -0.737. The summed E-state index contributed by atoms with van der Waals surface area (Å²) in [6.07, 6.45) is 7.59. The van der Waals surface area contributed by atoms with Crippen LogP contribution < -0.4 is 0 Å². The van der Waals surface area contributed by atoms with Gasteiger partial charge in [-0.05, 0) is 75.3 Å². The van der Waals surface area contributed by atoms with E-state index < -0.39 is 18.1 Å². The summed E-state index contributed by atoms with van der Waals surface area (Å²) in [7, 11) is 0. The van der Waals surface area contributed by atoms with Crippen molar-refractivity contribution in [1.82, 2.24) is 9.88 Å². The Bertz CT molecular complexity index is 1060. The van der Waals surface area contributed by atoms with Crippen molar-refractivity contribution >= 4 is 11.9 Å². The first-order valence-corrected chi connectivity index (χ1v) is 12.6. The number of likely N-dealkylation sites (tertiary alicyclic amines) is 1. The minimum Gasteiger partial charge on any atom is -0.458 e. The summed E-state index contributed by atoms with van der Waals surface area (Å²) in [5, 5.41) is 10.4. The van der Waals surface area contributed by atoms with Gasteiger partial charge >= 0.3 is 5.97 Å². The fourth-order valence-corrected chi connectivity index (χ4v) is 7.38. The summed E-state index contributed by atoms with van der Waals surface area (Å²) in [5.74, 6) is 1.98. The van der Waals surface area contributed by atoms with Crippen LogP contribution in [-0.2, 0) is 20.9 Å². The standard InChI is InChI=1S/C27H32N2O5/c1-16-2-4-20(5-3-16)24-28-21(14-33-24)15-34-25(31)23-9-22(30)13-29(23)26(32)27-10-17-6-18(11-27)8-19(7-17)12-27/h2-5,14,17-19,22-23,30H,6-13,15H2,1H3/t17?,18?,19?,22?,23-,27?/m0/s1. The second-order valence-corrected chi connectivity index (χ2v) is 11.2. The number of benzene rings is 1. The number of esters is 1. The van der Waals surface area contributed by atoms with Gasteiger partial charge in [0, 0.05) is 18.5 Å². The van der Waals surface area contributed by atoms with Crippen molar-refractivity contribution in [3.8, 4) is 11.5 Å². The molecule has 5 aliphatic rings. The molecule has 1 unspecified atom stereocenters. The highest BCUT2D eigenvalue weighted by molar-refractivity contribution is 5.89. The van der Waals surface area contributed by atoms with Gasteiger partial charge in [-0.15, -0.1) is 0 Å². The summed E-state index contributed by atoms with van der Waals surface area (Å²) in [5.41, 5.74) is 2.18. The van der Waals surface area contributed by atoms with E-state index in [1.54, 1.807) is 4.90 Å². The fourth-order valence-electron chi connectivity index (χ4n) is 7.38. The van der Waals surface area contributed by atoms with Gasteiger partial charge in [-0.3, -0.25) is 4.79 Å². The molecule has 2 atom stereocenters. The van der Waals surface area contributed by atoms with Gasteiger partial charge in [-0.25, -0.2) is 9.78 Å². The van der Waals surface area contributed by atoms with E-state index in [-0.39, 0.29) is 30.9 Å². The quantitative estimate of drug-likeness (QED) is 0.676. The van der Waals surface area contributed by atoms with Crippen LogP contribution in [0.5, 0.6) is 0 Å². The molecule has 0 radical (unpaired) electrons. The van der Waals surface area contributed by atoms with Crippen LogP contribution in [0.25, 0.3) is 11.5 Å². The molecule has 4 saturated carbocycles. The maximum atomic E-state index is 13.8. The van der Waals surface area contributed by atoms with Crippen molar-refractivity contribution in [3.63, 3.8) is 0 Å². The van der Waals surface area contributed by atoms with E-state index in [0.717, 1.165) is 30.4 Å². The molecule has 1 aromatic heterocycles. The van der Waals surface area contributed by atoms with Crippen molar-refractivity contribution in [2.75, 3.05) is 6.54 Å². The van der Waals surface area contributed by atoms with Crippen LogP contribution in [0.1, 0.15) is 56.2 Å². The number of ether oxygens (including phenoxy) is 1. The molecule has 5 fully saturated rings. The number of aryl methyl sites for hydroxylation is 1. The van der Waals surface area contributed by atoms with Gasteiger partial charge in [0.25, 0.3) is 0 Å². The van der Waals surface area contributed by atoms with Crippen molar-refractivity contribution in [2.24, 2.45) is 23.2 Å². The Kier molecular flexibility index (Phi) is 5.28. The molecular formula is C27H32N2O5. The smallest absolute Gasteiger partial charge is 0.329 e. The van der Waals surface area contributed by atoms with Gasteiger partial charge in [0.15, 0.2) is 0 Å². The summed E-state index contributed by atoms with van der Waals surface area (Å²) >= 11 is 0. The van der Waals surface area contributed by atoms with Crippen LogP contribution in [0, 0.1) is 30.1 Å². The van der Waals surface area contributed by atoms with Crippen LogP contribution in [0.2, 0.25) is 0 Å². The maximum Gasteiger partial charge on any atom is 0.329 e. The van der Waals surface area contributed by atoms with E-state index in [2.05, 4.69) is 4.98 Å². The monoisotopic (exact) mass is 464 g/mol. The molecule has 2 aromatic rings. The van der Waals surface area contributed by atoms with E-state index in [1.165, 1.54) is 25.5 Å². The Balaban J connectivity index is 1.13. The molecule has 180 valence electrons. The Morgan fingerprint density at radius 2 is 1.74 bits per heavy atom. The number of oxazole rings is 1. The molecule has 7 nitrogen and oxygen atoms in total. The molecule has 34 heavy (non-hydrogen) atoms. The normalized spacial score (nSPS) is 33.9. The molecule has 1 aromatic carbocycles. The number of aliphatic hydroxyl groups excluding tert-OH is 1. The van der Waals surface area contributed by atoms with Gasteiger partial charge < -0.3 is 19.2 Å². The van der Waals surface area contributed by atoms with E-state index in [0.29, 0.717) is 29.3 Å². The number of aromatic nitrogens is 1. The number of aliphatic hydroxyl groups is 1. The van der Waals surface area contributed by atoms with Gasteiger partial charge in [-0.2, -0.15) is 0 Å². The Morgan fingerprint density at radius 3 is 2.38 bits per heavy atom. The van der Waals surface area contributed by atoms with E-state index >= 15 is 0 Å². The van der Waals surface area contributed by atoms with Crippen molar-refractivity contribution < 1.29 is 23.8 Å². The first-order valence-electron chi connectivity index (χ1n) is 12.6. The molecule has 1 amide bonds. The van der Waals surface area contributed by atoms with Crippen LogP contribution >= 0.6 is 0 Å². The Hall–Kier alpha value is -2.67. The van der Waals surface area contributed by atoms with Crippen LogP contribution in [0.4, 0.5) is 0 Å². The Morgan fingerprint density at radius 1 is 1.09 bits per heavy atom. The van der Waals surface area contributed by atoms with E-state index in [1.807, 2.05) is 31.2 Å². The van der Waals surface area contributed by atoms with E-state index in [9.17, 15) is 14.7 Å². The minimum absolute atomic E-state index is 0.0276. The number of carbonyl (C=O) groups excluding carboxylic acids is 2. The lowest BCUT2D eigenvalue weighted by Crippen LogP contribution is -2.56. The van der Waals surface area contributed by atoms with Crippen molar-refractivity contribution in [1.29, 1.82) is 0 Å². The molecule has 2 heterocycles. The van der Waals surface area contributed by atoms with Crippen LogP contribution in [0.15, 0.2) is 34.9 Å². The van der Waals surface area contributed by atoms with Crippen LogP contribution in [-0.4, -0.2) is 45.6 Å². The van der Waals surface area contributed by atoms with Gasteiger partial charge in [0.05, 0.1) is 11.5 Å². The molecular weight excluding hydrogens is 432 g/mol. The summed E-state index contributed by atoms with van der Waals surface area (Å²) in [6, 6.07) is 7.11. The number of rotatable bonds is 5. The zero-order chi connectivity index (χ0) is 23.4. The lowest BCUT2D eigenvalue weighted by atomic mass is 9.49. The largest absolute Gasteiger partial charge is 0.458 e. The molecule has 1 aliphatic heterocycles. The number of hydrogen-bond acceptors (Lipinski definition) is 6. The Labute approximate surface area is 199 Å². The molecule has 7 rings (SSSR count). The van der Waals surface area contributed by atoms with E-state index in [4.69, 9.17) is 9.15 Å². The van der Waals surface area contributed by atoms with Gasteiger partial charge in [0.1, 0.15) is 24.6 Å². The first kappa shape index (κ1) is 21.8. The maximum absolute atomic E-state index is 13.8. The molecule has 1 N–H and O–H groups in total. The zero-order valence-corrected chi connectivity index (χ0v) is 19.6. The third kappa shape index (κ3) is 3.84. The number of nitrogens with zero attached hydrogens (tertiary/aromatic N) is 2. The summed E-state index contributed by atoms with van der Waals surface area (Å²) in [6.45, 7) is 2.20. The summed E-state index contributed by atoms with van der Waals surface area (Å²) < 4.78 is 11.1. The molecule has 0 spiro atoms. The highest BCUT2D eigenvalue weighted by atomic mass is 16.5. The average molecular weight is 465 g/mol. The predicted octanol–water partition coefficient (Wildman–Crippen LogP) is 3.87. The van der Waals surface area contributed by atoms with Gasteiger partial charge in [0.2, 0.25) is 11.8 Å². The fraction of sp³-hybridized carbons (Fsp3) is 0.593. The third-order valence-electron chi connectivity index (χ3n) is 8.52. The van der Waals surface area contributed by atoms with Crippen LogP contribution in [0.3, 0.4) is 0 Å². The molecule has 4 aliphatic carbocycles. The second-order valence-electron chi connectivity index (χ2n) is 11.2. The van der Waals surface area contributed by atoms with Crippen molar-refractivity contribution in [2.45, 2.75) is 70.6 Å². The SMILES string of the molecule is Cc1ccc(-c2nc(COC(=O)[C@@H]3CC(O)CN3C(=O)C34CC5CC(CC(C5)C3)C4)co2)cc1. The lowest BCUT2D eigenvalue weighted by Gasteiger charge is -2.56. The predicted molar refractivity (Wildman–Crippen MR) is 123 cm³/mol. The summed E-state index contributed by atoms with van der Waals surface area (Å²) in [4.78, 5) is 32.9. The number of amides is 1. The first-order chi connectivity index (χ1) is 16.4. The third-order valence-corrected chi connectivity index (χ3v) is 8.52. The van der Waals surface area contributed by atoms with Crippen molar-refractivity contribution in [3.05, 3.63) is 41.8 Å². The zero-order valence-electron chi connectivity index (χ0n) is 19.6. The van der Waals surface area contributed by atoms with Gasteiger partial charge in [-0.1, -0.05) is 17.7 Å². The molecule has 1 saturated heterocycles. The average Bonchev–Trinajstić information content (AvgIpc) is 3.43. The lowest BCUT2D eigenvalue weighted by molar-refractivity contribution is -0.166. The molecule has 4 bridgehead atoms. The highest BCUT2D eigenvalue weighted by Crippen LogP contribution is 2.60.